The van der Waals surface area contributed by atoms with Crippen molar-refractivity contribution in [3.8, 4) is 5.75 Å². The van der Waals surface area contributed by atoms with Gasteiger partial charge < -0.3 is 20.5 Å². The van der Waals surface area contributed by atoms with E-state index in [2.05, 4.69) is 10.6 Å². The van der Waals surface area contributed by atoms with Crippen molar-refractivity contribution in [1.82, 2.24) is 5.32 Å². The Morgan fingerprint density at radius 2 is 2.19 bits per heavy atom. The largest absolute Gasteiger partial charge is 0.478 e. The zero-order valence-corrected chi connectivity index (χ0v) is 12.8. The Hall–Kier alpha value is -1.59. The highest BCUT2D eigenvalue weighted by atomic mass is 16.5. The number of ether oxygens (including phenoxy) is 1. The van der Waals surface area contributed by atoms with E-state index in [9.17, 15) is 9.90 Å². The van der Waals surface area contributed by atoms with Crippen molar-refractivity contribution < 1.29 is 14.6 Å². The summed E-state index contributed by atoms with van der Waals surface area (Å²) in [5.74, 6) is 0.624. The molecular weight excluding hydrogens is 268 g/mol. The minimum absolute atomic E-state index is 0.0880. The van der Waals surface area contributed by atoms with Crippen LogP contribution in [0, 0.1) is 0 Å². The molecule has 0 bridgehead atoms. The van der Waals surface area contributed by atoms with Crippen molar-refractivity contribution in [1.29, 1.82) is 0 Å². The molecule has 1 aromatic carbocycles. The van der Waals surface area contributed by atoms with E-state index < -0.39 is 6.10 Å². The number of carbonyl (C=O) groups is 1. The number of aliphatic hydroxyl groups excluding tert-OH is 1. The second kappa shape index (κ2) is 6.91. The predicted molar refractivity (Wildman–Crippen MR) is 82.5 cm³/mol. The summed E-state index contributed by atoms with van der Waals surface area (Å²) in [6, 6.07) is 5.89. The van der Waals surface area contributed by atoms with Gasteiger partial charge in [-0.25, -0.2) is 0 Å². The minimum Gasteiger partial charge on any atom is -0.478 e. The van der Waals surface area contributed by atoms with Crippen molar-refractivity contribution in [2.45, 2.75) is 51.9 Å². The second-order valence-electron chi connectivity index (χ2n) is 5.45. The van der Waals surface area contributed by atoms with Gasteiger partial charge in [-0.1, -0.05) is 19.9 Å². The maximum Gasteiger partial charge on any atom is 0.265 e. The maximum atomic E-state index is 11.7. The molecule has 5 nitrogen and oxygen atoms in total. The molecule has 0 spiro atoms. The molecule has 1 heterocycles. The maximum absolute atomic E-state index is 11.7. The Kier molecular flexibility index (Phi) is 5.20. The lowest BCUT2D eigenvalue weighted by Gasteiger charge is -2.26. The van der Waals surface area contributed by atoms with Crippen LogP contribution in [0.1, 0.15) is 45.2 Å². The highest BCUT2D eigenvalue weighted by molar-refractivity contribution is 5.97. The normalized spacial score (nSPS) is 20.2. The van der Waals surface area contributed by atoms with E-state index in [1.807, 2.05) is 39.0 Å². The van der Waals surface area contributed by atoms with Gasteiger partial charge in [0.1, 0.15) is 5.75 Å². The monoisotopic (exact) mass is 292 g/mol. The van der Waals surface area contributed by atoms with Crippen LogP contribution in [0.2, 0.25) is 0 Å². The Labute approximate surface area is 125 Å². The van der Waals surface area contributed by atoms with Crippen molar-refractivity contribution in [3.05, 3.63) is 23.8 Å². The fourth-order valence-electron chi connectivity index (χ4n) is 2.27. The van der Waals surface area contributed by atoms with Crippen LogP contribution in [0.25, 0.3) is 0 Å². The number of anilines is 1. The Bertz CT molecular complexity index is 504. The van der Waals surface area contributed by atoms with E-state index in [0.717, 1.165) is 12.0 Å². The van der Waals surface area contributed by atoms with Gasteiger partial charge in [-0.2, -0.15) is 0 Å². The van der Waals surface area contributed by atoms with Crippen LogP contribution in [0.3, 0.4) is 0 Å². The zero-order valence-electron chi connectivity index (χ0n) is 12.8. The first-order chi connectivity index (χ1) is 10.0. The molecule has 5 heteroatoms. The molecule has 0 fully saturated rings. The molecule has 0 radical (unpaired) electrons. The van der Waals surface area contributed by atoms with Crippen LogP contribution in [-0.2, 0) is 4.79 Å². The third kappa shape index (κ3) is 3.74. The first-order valence-electron chi connectivity index (χ1n) is 7.58. The average molecular weight is 292 g/mol. The van der Waals surface area contributed by atoms with E-state index in [0.29, 0.717) is 24.4 Å². The summed E-state index contributed by atoms with van der Waals surface area (Å²) in [6.07, 6.45) is 0.631. The van der Waals surface area contributed by atoms with Gasteiger partial charge in [-0.3, -0.25) is 4.79 Å². The number of rotatable bonds is 6. The number of benzene rings is 1. The first kappa shape index (κ1) is 15.8. The summed E-state index contributed by atoms with van der Waals surface area (Å²) in [5, 5.41) is 15.8. The second-order valence-corrected chi connectivity index (χ2v) is 5.45. The van der Waals surface area contributed by atoms with Gasteiger partial charge in [0, 0.05) is 12.6 Å². The third-order valence-electron chi connectivity index (χ3n) is 3.83. The summed E-state index contributed by atoms with van der Waals surface area (Å²) in [6.45, 7) is 6.49. The van der Waals surface area contributed by atoms with Gasteiger partial charge >= 0.3 is 0 Å². The molecule has 0 aromatic heterocycles. The van der Waals surface area contributed by atoms with Crippen molar-refractivity contribution in [2.75, 3.05) is 11.9 Å². The summed E-state index contributed by atoms with van der Waals surface area (Å²) in [4.78, 5) is 11.7. The molecule has 1 aromatic rings. The zero-order chi connectivity index (χ0) is 15.4. The Balaban J connectivity index is 2.08. The molecule has 3 unspecified atom stereocenters. The number of hydrogen-bond acceptors (Lipinski definition) is 4. The standard InChI is InChI=1S/C16H24N2O3/c1-4-12(19)9-17-10(3)11-6-7-13-15(8-11)21-14(5-2)16(20)18-13/h6-8,10,12,14,17,19H,4-5,9H2,1-3H3,(H,18,20). The summed E-state index contributed by atoms with van der Waals surface area (Å²) < 4.78 is 5.74. The van der Waals surface area contributed by atoms with Crippen molar-refractivity contribution in [3.63, 3.8) is 0 Å². The first-order valence-corrected chi connectivity index (χ1v) is 7.58. The van der Waals surface area contributed by atoms with E-state index in [-0.39, 0.29) is 18.1 Å². The molecule has 3 atom stereocenters. The number of carbonyl (C=O) groups excluding carboxylic acids is 1. The summed E-state index contributed by atoms with van der Waals surface area (Å²) >= 11 is 0. The summed E-state index contributed by atoms with van der Waals surface area (Å²) in [7, 11) is 0. The molecule has 21 heavy (non-hydrogen) atoms. The third-order valence-corrected chi connectivity index (χ3v) is 3.83. The molecule has 116 valence electrons. The molecule has 0 aliphatic carbocycles. The number of fused-ring (bicyclic) bond motifs is 1. The van der Waals surface area contributed by atoms with E-state index in [1.54, 1.807) is 0 Å². The van der Waals surface area contributed by atoms with Crippen LogP contribution < -0.4 is 15.4 Å². The van der Waals surface area contributed by atoms with Crippen LogP contribution >= 0.6 is 0 Å². The van der Waals surface area contributed by atoms with Gasteiger partial charge in [0.25, 0.3) is 5.91 Å². The Morgan fingerprint density at radius 1 is 1.43 bits per heavy atom. The summed E-state index contributed by atoms with van der Waals surface area (Å²) in [5.41, 5.74) is 1.79. The minimum atomic E-state index is -0.419. The highest BCUT2D eigenvalue weighted by Gasteiger charge is 2.26. The molecule has 1 amide bonds. The smallest absolute Gasteiger partial charge is 0.265 e. The molecule has 3 N–H and O–H groups in total. The van der Waals surface area contributed by atoms with Gasteiger partial charge in [-0.05, 0) is 37.5 Å². The van der Waals surface area contributed by atoms with Crippen LogP contribution in [0.5, 0.6) is 5.75 Å². The average Bonchev–Trinajstić information content (AvgIpc) is 2.50. The van der Waals surface area contributed by atoms with Gasteiger partial charge in [0.2, 0.25) is 0 Å². The van der Waals surface area contributed by atoms with Crippen LogP contribution in [0.4, 0.5) is 5.69 Å². The van der Waals surface area contributed by atoms with Gasteiger partial charge in [0.05, 0.1) is 11.8 Å². The molecule has 2 rings (SSSR count). The van der Waals surface area contributed by atoms with Gasteiger partial charge in [0.15, 0.2) is 6.10 Å². The molecule has 1 aliphatic heterocycles. The topological polar surface area (TPSA) is 70.6 Å². The van der Waals surface area contributed by atoms with Crippen molar-refractivity contribution >= 4 is 11.6 Å². The fraction of sp³-hybridized carbons (Fsp3) is 0.562. The highest BCUT2D eigenvalue weighted by Crippen LogP contribution is 2.32. The van der Waals surface area contributed by atoms with Crippen LogP contribution in [-0.4, -0.2) is 29.8 Å². The predicted octanol–water partition coefficient (Wildman–Crippen LogP) is 2.22. The lowest BCUT2D eigenvalue weighted by atomic mass is 10.1. The molecular formula is C16H24N2O3. The molecule has 0 saturated heterocycles. The lowest BCUT2D eigenvalue weighted by molar-refractivity contribution is -0.123. The number of hydrogen-bond donors (Lipinski definition) is 3. The van der Waals surface area contributed by atoms with E-state index in [4.69, 9.17) is 4.74 Å². The SMILES string of the molecule is CCC(O)CNC(C)c1ccc2c(c1)OC(CC)C(=O)N2. The Morgan fingerprint density at radius 3 is 2.86 bits per heavy atom. The number of aliphatic hydroxyl groups is 1. The fourth-order valence-corrected chi connectivity index (χ4v) is 2.27. The number of amides is 1. The van der Waals surface area contributed by atoms with Gasteiger partial charge in [-0.15, -0.1) is 0 Å². The molecule has 0 saturated carbocycles. The van der Waals surface area contributed by atoms with Crippen molar-refractivity contribution in [2.24, 2.45) is 0 Å². The quantitative estimate of drug-likeness (QED) is 0.752. The van der Waals surface area contributed by atoms with E-state index in [1.165, 1.54) is 0 Å². The van der Waals surface area contributed by atoms with E-state index >= 15 is 0 Å². The number of nitrogens with one attached hydrogen (secondary N) is 2. The molecule has 1 aliphatic rings. The lowest BCUT2D eigenvalue weighted by Crippen LogP contribution is -2.36. The van der Waals surface area contributed by atoms with Crippen LogP contribution in [0.15, 0.2) is 18.2 Å².